The lowest BCUT2D eigenvalue weighted by molar-refractivity contribution is 0.0949. The number of hydrogen-bond acceptors (Lipinski definition) is 5. The fourth-order valence-corrected chi connectivity index (χ4v) is 1.95. The number of benzene rings is 1. The van der Waals surface area contributed by atoms with E-state index in [1.54, 1.807) is 18.2 Å². The summed E-state index contributed by atoms with van der Waals surface area (Å²) in [7, 11) is 0. The summed E-state index contributed by atoms with van der Waals surface area (Å²) in [5, 5.41) is 19.8. The first-order chi connectivity index (χ1) is 11.5. The molecule has 1 heterocycles. The highest BCUT2D eigenvalue weighted by molar-refractivity contribution is 6.09. The molecule has 0 saturated heterocycles. The second-order valence-corrected chi connectivity index (χ2v) is 4.91. The van der Waals surface area contributed by atoms with Crippen LogP contribution in [0.2, 0.25) is 0 Å². The number of amides is 2. The van der Waals surface area contributed by atoms with E-state index >= 15 is 0 Å². The van der Waals surface area contributed by atoms with Crippen LogP contribution >= 0.6 is 0 Å². The van der Waals surface area contributed by atoms with Crippen LogP contribution in [0.3, 0.4) is 0 Å². The van der Waals surface area contributed by atoms with E-state index < -0.39 is 11.8 Å². The summed E-state index contributed by atoms with van der Waals surface area (Å²) in [5.41, 5.74) is 1.01. The van der Waals surface area contributed by atoms with Crippen molar-refractivity contribution in [1.82, 2.24) is 15.5 Å². The van der Waals surface area contributed by atoms with Crippen LogP contribution in [0.15, 0.2) is 30.5 Å². The Labute approximate surface area is 137 Å². The number of nitrogens with zero attached hydrogens (tertiary/aromatic N) is 2. The average molecular weight is 325 g/mol. The number of nitrogens with one attached hydrogen (secondary N) is 3. The van der Waals surface area contributed by atoms with Crippen LogP contribution in [0.5, 0.6) is 0 Å². The number of ketones is 1. The molecule has 0 aliphatic heterocycles. The van der Waals surface area contributed by atoms with E-state index in [-0.39, 0.29) is 30.1 Å². The Bertz CT molecular complexity index is 819. The molecule has 24 heavy (non-hydrogen) atoms. The fourth-order valence-electron chi connectivity index (χ4n) is 1.95. The van der Waals surface area contributed by atoms with Crippen molar-refractivity contribution in [3.63, 3.8) is 0 Å². The summed E-state index contributed by atoms with van der Waals surface area (Å²) in [4.78, 5) is 35.6. The predicted molar refractivity (Wildman–Crippen MR) is 85.6 cm³/mol. The molecule has 2 rings (SSSR count). The van der Waals surface area contributed by atoms with E-state index in [0.29, 0.717) is 11.1 Å². The molecule has 0 atom stereocenters. The average Bonchev–Trinajstić information content (AvgIpc) is 3.03. The van der Waals surface area contributed by atoms with Gasteiger partial charge in [-0.3, -0.25) is 19.5 Å². The molecule has 0 aliphatic carbocycles. The van der Waals surface area contributed by atoms with Gasteiger partial charge in [0.25, 0.3) is 11.8 Å². The number of carbonyl (C=O) groups excluding carboxylic acids is 3. The summed E-state index contributed by atoms with van der Waals surface area (Å²) in [6, 6.07) is 8.18. The van der Waals surface area contributed by atoms with Crippen molar-refractivity contribution in [1.29, 1.82) is 5.26 Å². The number of hydrogen-bond donors (Lipinski definition) is 3. The van der Waals surface area contributed by atoms with Gasteiger partial charge in [-0.05, 0) is 19.1 Å². The van der Waals surface area contributed by atoms with Gasteiger partial charge >= 0.3 is 0 Å². The molecule has 122 valence electrons. The smallest absolute Gasteiger partial charge is 0.271 e. The van der Waals surface area contributed by atoms with Crippen molar-refractivity contribution in [3.05, 3.63) is 47.3 Å². The highest BCUT2D eigenvalue weighted by Gasteiger charge is 2.16. The van der Waals surface area contributed by atoms with Crippen molar-refractivity contribution in [2.45, 2.75) is 13.3 Å². The van der Waals surface area contributed by atoms with E-state index in [0.717, 1.165) is 0 Å². The number of aromatic amines is 1. The number of carbonyl (C=O) groups is 3. The Balaban J connectivity index is 2.12. The molecule has 2 amide bonds. The molecule has 1 aromatic heterocycles. The molecular weight excluding hydrogens is 310 g/mol. The molecule has 0 unspecified atom stereocenters. The minimum absolute atomic E-state index is 0.0870. The minimum Gasteiger partial charge on any atom is -0.350 e. The second kappa shape index (κ2) is 7.69. The number of H-pyrrole nitrogens is 1. The van der Waals surface area contributed by atoms with Crippen molar-refractivity contribution in [3.8, 4) is 6.07 Å². The maximum absolute atomic E-state index is 12.3. The maximum Gasteiger partial charge on any atom is 0.271 e. The van der Waals surface area contributed by atoms with Crippen LogP contribution in [0.1, 0.15) is 44.5 Å². The third-order valence-electron chi connectivity index (χ3n) is 3.17. The zero-order valence-electron chi connectivity index (χ0n) is 12.9. The molecule has 0 fully saturated rings. The van der Waals surface area contributed by atoms with E-state index in [1.165, 1.54) is 19.2 Å². The summed E-state index contributed by atoms with van der Waals surface area (Å²) < 4.78 is 0. The van der Waals surface area contributed by atoms with Crippen molar-refractivity contribution >= 4 is 23.3 Å². The molecule has 8 nitrogen and oxygen atoms in total. The second-order valence-electron chi connectivity index (χ2n) is 4.91. The molecule has 3 N–H and O–H groups in total. The highest BCUT2D eigenvalue weighted by Crippen LogP contribution is 2.14. The van der Waals surface area contributed by atoms with Crippen LogP contribution in [-0.2, 0) is 0 Å². The number of anilines is 1. The van der Waals surface area contributed by atoms with Gasteiger partial charge in [0.15, 0.2) is 5.78 Å². The van der Waals surface area contributed by atoms with Crippen molar-refractivity contribution in [2.24, 2.45) is 0 Å². The molecular formula is C16H15N5O3. The SMILES string of the molecule is CC(=O)c1cccc(C(=O)Nc2cn[nH]c2C(=O)NCCC#N)c1. The molecule has 8 heteroatoms. The van der Waals surface area contributed by atoms with Gasteiger partial charge in [0.05, 0.1) is 24.4 Å². The van der Waals surface area contributed by atoms with Crippen molar-refractivity contribution in [2.75, 3.05) is 11.9 Å². The molecule has 0 saturated carbocycles. The first-order valence-corrected chi connectivity index (χ1v) is 7.13. The number of nitriles is 1. The van der Waals surface area contributed by atoms with Crippen LogP contribution in [0, 0.1) is 11.3 Å². The lowest BCUT2D eigenvalue weighted by atomic mass is 10.1. The Hall–Kier alpha value is -3.47. The first kappa shape index (κ1) is 16.9. The van der Waals surface area contributed by atoms with Gasteiger partial charge in [0, 0.05) is 17.7 Å². The summed E-state index contributed by atoms with van der Waals surface area (Å²) in [6.07, 6.45) is 1.49. The molecule has 1 aromatic carbocycles. The summed E-state index contributed by atoms with van der Waals surface area (Å²) in [6.45, 7) is 1.61. The molecule has 0 radical (unpaired) electrons. The van der Waals surface area contributed by atoms with E-state index in [1.807, 2.05) is 6.07 Å². The van der Waals surface area contributed by atoms with Crippen molar-refractivity contribution < 1.29 is 14.4 Å². The van der Waals surface area contributed by atoms with Gasteiger partial charge in [-0.15, -0.1) is 0 Å². The maximum atomic E-state index is 12.3. The van der Waals surface area contributed by atoms with Crippen LogP contribution < -0.4 is 10.6 Å². The Morgan fingerprint density at radius 2 is 2.00 bits per heavy atom. The fraction of sp³-hybridized carbons (Fsp3) is 0.188. The first-order valence-electron chi connectivity index (χ1n) is 7.13. The van der Waals surface area contributed by atoms with Gasteiger partial charge in [-0.2, -0.15) is 10.4 Å². The minimum atomic E-state index is -0.476. The Kier molecular flexibility index (Phi) is 5.41. The Morgan fingerprint density at radius 1 is 1.25 bits per heavy atom. The standard InChI is InChI=1S/C16H15N5O3/c1-10(22)11-4-2-5-12(8-11)15(23)20-13-9-19-21-14(13)16(24)18-7-3-6-17/h2,4-5,8-9H,3,7H2,1H3,(H,18,24)(H,19,21)(H,20,23). The normalized spacial score (nSPS) is 9.83. The van der Waals surface area contributed by atoms with Crippen LogP contribution in [0.4, 0.5) is 5.69 Å². The monoisotopic (exact) mass is 325 g/mol. The predicted octanol–water partition coefficient (Wildman–Crippen LogP) is 1.51. The van der Waals surface area contributed by atoms with Gasteiger partial charge < -0.3 is 10.6 Å². The lowest BCUT2D eigenvalue weighted by Crippen LogP contribution is -2.26. The van der Waals surface area contributed by atoms with Gasteiger partial charge in [-0.25, -0.2) is 0 Å². The van der Waals surface area contributed by atoms with Gasteiger partial charge in [0.1, 0.15) is 5.69 Å². The van der Waals surface area contributed by atoms with Gasteiger partial charge in [0.2, 0.25) is 0 Å². The third kappa shape index (κ3) is 4.04. The number of rotatable bonds is 6. The van der Waals surface area contributed by atoms with Crippen LogP contribution in [0.25, 0.3) is 0 Å². The highest BCUT2D eigenvalue weighted by atomic mass is 16.2. The molecule has 0 bridgehead atoms. The molecule has 0 spiro atoms. The van der Waals surface area contributed by atoms with E-state index in [9.17, 15) is 14.4 Å². The lowest BCUT2D eigenvalue weighted by Gasteiger charge is -2.07. The van der Waals surface area contributed by atoms with Gasteiger partial charge in [-0.1, -0.05) is 12.1 Å². The summed E-state index contributed by atoms with van der Waals surface area (Å²) in [5.74, 6) is -1.09. The quantitative estimate of drug-likeness (QED) is 0.548. The summed E-state index contributed by atoms with van der Waals surface area (Å²) >= 11 is 0. The molecule has 0 aliphatic rings. The number of aromatic nitrogens is 2. The largest absolute Gasteiger partial charge is 0.350 e. The van der Waals surface area contributed by atoms with E-state index in [4.69, 9.17) is 5.26 Å². The molecule has 2 aromatic rings. The zero-order valence-corrected chi connectivity index (χ0v) is 12.9. The zero-order chi connectivity index (χ0) is 17.5. The van der Waals surface area contributed by atoms with Crippen LogP contribution in [-0.4, -0.2) is 34.3 Å². The Morgan fingerprint density at radius 3 is 2.71 bits per heavy atom. The third-order valence-corrected chi connectivity index (χ3v) is 3.17. The topological polar surface area (TPSA) is 128 Å². The van der Waals surface area contributed by atoms with E-state index in [2.05, 4.69) is 20.8 Å². The number of Topliss-reactive ketones (excluding diaryl/α,β-unsaturated/α-hetero) is 1.